The Balaban J connectivity index is 2.19. The van der Waals surface area contributed by atoms with E-state index in [0.29, 0.717) is 11.8 Å². The molecule has 0 bridgehead atoms. The maximum atomic E-state index is 9.68. The highest BCUT2D eigenvalue weighted by atomic mass is 16.3. The summed E-state index contributed by atoms with van der Waals surface area (Å²) in [6.07, 6.45) is 1.99. The summed E-state index contributed by atoms with van der Waals surface area (Å²) in [6, 6.07) is 8.72. The molecule has 0 saturated heterocycles. The Morgan fingerprint density at radius 1 is 1.14 bits per heavy atom. The van der Waals surface area contributed by atoms with Crippen molar-refractivity contribution in [2.24, 2.45) is 5.92 Å². The first kappa shape index (κ1) is 9.72. The maximum Gasteiger partial charge on any atom is 0.0571 e. The molecule has 0 heterocycles. The second kappa shape index (κ2) is 3.74. The van der Waals surface area contributed by atoms with E-state index in [-0.39, 0.29) is 6.10 Å². The summed E-state index contributed by atoms with van der Waals surface area (Å²) < 4.78 is 0. The van der Waals surface area contributed by atoms with E-state index in [1.165, 1.54) is 11.1 Å². The number of hydrogen-bond acceptors (Lipinski definition) is 1. The fraction of sp³-hybridized carbons (Fsp3) is 0.538. The average Bonchev–Trinajstić information content (AvgIpc) is 2.50. The van der Waals surface area contributed by atoms with Gasteiger partial charge in [-0.1, -0.05) is 36.8 Å². The lowest BCUT2D eigenvalue weighted by Gasteiger charge is -2.17. The van der Waals surface area contributed by atoms with Crippen LogP contribution in [0, 0.1) is 12.8 Å². The van der Waals surface area contributed by atoms with Crippen LogP contribution < -0.4 is 0 Å². The summed E-state index contributed by atoms with van der Waals surface area (Å²) in [6.45, 7) is 4.26. The third-order valence-electron chi connectivity index (χ3n) is 3.52. The first-order valence-electron chi connectivity index (χ1n) is 5.43. The fourth-order valence-corrected chi connectivity index (χ4v) is 2.43. The number of hydrogen-bond donors (Lipinski definition) is 1. The lowest BCUT2D eigenvalue weighted by atomic mass is 9.89. The minimum absolute atomic E-state index is 0.0960. The normalized spacial score (nSPS) is 32.1. The Bertz CT molecular complexity index is 302. The zero-order valence-electron chi connectivity index (χ0n) is 8.90. The van der Waals surface area contributed by atoms with E-state index in [9.17, 15) is 5.11 Å². The Labute approximate surface area is 85.8 Å². The molecule has 1 fully saturated rings. The van der Waals surface area contributed by atoms with Gasteiger partial charge in [-0.05, 0) is 37.2 Å². The minimum atomic E-state index is -0.0960. The van der Waals surface area contributed by atoms with Gasteiger partial charge in [0, 0.05) is 0 Å². The van der Waals surface area contributed by atoms with Crippen LogP contribution in [0.5, 0.6) is 0 Å². The van der Waals surface area contributed by atoms with Crippen LogP contribution in [0.4, 0.5) is 0 Å². The van der Waals surface area contributed by atoms with Gasteiger partial charge in [0.1, 0.15) is 0 Å². The number of aliphatic hydroxyl groups is 1. The zero-order chi connectivity index (χ0) is 10.1. The van der Waals surface area contributed by atoms with E-state index < -0.39 is 0 Å². The minimum Gasteiger partial charge on any atom is -0.393 e. The van der Waals surface area contributed by atoms with Gasteiger partial charge in [0.05, 0.1) is 6.10 Å². The van der Waals surface area contributed by atoms with E-state index in [0.717, 1.165) is 12.8 Å². The Morgan fingerprint density at radius 2 is 1.79 bits per heavy atom. The molecule has 1 aromatic carbocycles. The smallest absolute Gasteiger partial charge is 0.0571 e. The van der Waals surface area contributed by atoms with Crippen molar-refractivity contribution in [3.8, 4) is 0 Å². The molecule has 14 heavy (non-hydrogen) atoms. The molecule has 1 saturated carbocycles. The molecule has 2 rings (SSSR count). The third kappa shape index (κ3) is 1.69. The molecule has 0 spiro atoms. The van der Waals surface area contributed by atoms with Gasteiger partial charge in [-0.15, -0.1) is 0 Å². The summed E-state index contributed by atoms with van der Waals surface area (Å²) in [5.74, 6) is 0.975. The Morgan fingerprint density at radius 3 is 2.29 bits per heavy atom. The Kier molecular flexibility index (Phi) is 2.60. The molecule has 3 unspecified atom stereocenters. The van der Waals surface area contributed by atoms with Gasteiger partial charge in [0.25, 0.3) is 0 Å². The van der Waals surface area contributed by atoms with Crippen molar-refractivity contribution in [2.45, 2.75) is 38.7 Å². The maximum absolute atomic E-state index is 9.68. The van der Waals surface area contributed by atoms with Crippen LogP contribution in [0.25, 0.3) is 0 Å². The van der Waals surface area contributed by atoms with Crippen LogP contribution in [0.15, 0.2) is 24.3 Å². The van der Waals surface area contributed by atoms with Crippen molar-refractivity contribution in [1.29, 1.82) is 0 Å². The molecule has 1 aliphatic carbocycles. The molecule has 3 atom stereocenters. The third-order valence-corrected chi connectivity index (χ3v) is 3.52. The molecule has 76 valence electrons. The van der Waals surface area contributed by atoms with E-state index in [4.69, 9.17) is 0 Å². The first-order chi connectivity index (χ1) is 6.68. The van der Waals surface area contributed by atoms with Crippen LogP contribution in [-0.4, -0.2) is 11.2 Å². The van der Waals surface area contributed by atoms with Gasteiger partial charge >= 0.3 is 0 Å². The number of benzene rings is 1. The Hall–Kier alpha value is -0.820. The van der Waals surface area contributed by atoms with E-state index in [2.05, 4.69) is 38.1 Å². The largest absolute Gasteiger partial charge is 0.393 e. The van der Waals surface area contributed by atoms with Gasteiger partial charge in [0.15, 0.2) is 0 Å². The summed E-state index contributed by atoms with van der Waals surface area (Å²) in [5, 5.41) is 9.68. The van der Waals surface area contributed by atoms with Crippen molar-refractivity contribution >= 4 is 0 Å². The van der Waals surface area contributed by atoms with Crippen molar-refractivity contribution in [1.82, 2.24) is 0 Å². The number of aliphatic hydroxyl groups excluding tert-OH is 1. The summed E-state index contributed by atoms with van der Waals surface area (Å²) in [7, 11) is 0. The predicted molar refractivity (Wildman–Crippen MR) is 58.3 cm³/mol. The van der Waals surface area contributed by atoms with Crippen LogP contribution in [0.1, 0.15) is 36.8 Å². The molecule has 0 aromatic heterocycles. The topological polar surface area (TPSA) is 20.2 Å². The second-order valence-corrected chi connectivity index (χ2v) is 4.52. The van der Waals surface area contributed by atoms with Crippen molar-refractivity contribution in [3.63, 3.8) is 0 Å². The number of aryl methyl sites for hydroxylation is 1. The predicted octanol–water partition coefficient (Wildman–Crippen LogP) is 2.87. The molecule has 1 aromatic rings. The molecule has 1 nitrogen and oxygen atoms in total. The van der Waals surface area contributed by atoms with Gasteiger partial charge in [-0.3, -0.25) is 0 Å². The highest BCUT2D eigenvalue weighted by molar-refractivity contribution is 5.26. The first-order valence-corrected chi connectivity index (χ1v) is 5.43. The molecule has 1 aliphatic rings. The van der Waals surface area contributed by atoms with Crippen molar-refractivity contribution < 1.29 is 5.11 Å². The number of rotatable bonds is 1. The molecule has 0 amide bonds. The highest BCUT2D eigenvalue weighted by Crippen LogP contribution is 2.39. The van der Waals surface area contributed by atoms with Crippen molar-refractivity contribution in [3.05, 3.63) is 35.4 Å². The van der Waals surface area contributed by atoms with Crippen LogP contribution >= 0.6 is 0 Å². The molecule has 0 radical (unpaired) electrons. The standard InChI is InChI=1S/C13H18O/c1-9-3-5-11(6-4-9)12-7-8-13(14)10(12)2/h3-6,10,12-14H,7-8H2,1-2H3. The summed E-state index contributed by atoms with van der Waals surface area (Å²) in [5.41, 5.74) is 2.69. The second-order valence-electron chi connectivity index (χ2n) is 4.52. The quantitative estimate of drug-likeness (QED) is 0.722. The van der Waals surface area contributed by atoms with E-state index in [1.807, 2.05) is 0 Å². The van der Waals surface area contributed by atoms with E-state index in [1.54, 1.807) is 0 Å². The summed E-state index contributed by atoms with van der Waals surface area (Å²) in [4.78, 5) is 0. The van der Waals surface area contributed by atoms with Crippen LogP contribution in [0.3, 0.4) is 0 Å². The summed E-state index contributed by atoms with van der Waals surface area (Å²) >= 11 is 0. The molecule has 1 N–H and O–H groups in total. The van der Waals surface area contributed by atoms with Gasteiger partial charge < -0.3 is 5.11 Å². The molecular weight excluding hydrogens is 172 g/mol. The van der Waals surface area contributed by atoms with Gasteiger partial charge in [0.2, 0.25) is 0 Å². The van der Waals surface area contributed by atoms with Gasteiger partial charge in [-0.25, -0.2) is 0 Å². The van der Waals surface area contributed by atoms with E-state index >= 15 is 0 Å². The average molecular weight is 190 g/mol. The molecule has 1 heteroatoms. The van der Waals surface area contributed by atoms with Crippen molar-refractivity contribution in [2.75, 3.05) is 0 Å². The SMILES string of the molecule is Cc1ccc(C2CCC(O)C2C)cc1. The fourth-order valence-electron chi connectivity index (χ4n) is 2.43. The van der Waals surface area contributed by atoms with Crippen LogP contribution in [0.2, 0.25) is 0 Å². The monoisotopic (exact) mass is 190 g/mol. The lowest BCUT2D eigenvalue weighted by Crippen LogP contribution is -2.13. The van der Waals surface area contributed by atoms with Gasteiger partial charge in [-0.2, -0.15) is 0 Å². The van der Waals surface area contributed by atoms with Crippen LogP contribution in [-0.2, 0) is 0 Å². The highest BCUT2D eigenvalue weighted by Gasteiger charge is 2.31. The molecule has 0 aliphatic heterocycles. The zero-order valence-corrected chi connectivity index (χ0v) is 8.90. The lowest BCUT2D eigenvalue weighted by molar-refractivity contribution is 0.136. The molecular formula is C13H18O.